The fourth-order valence-electron chi connectivity index (χ4n) is 3.89. The predicted molar refractivity (Wildman–Crippen MR) is 90.3 cm³/mol. The van der Waals surface area contributed by atoms with Gasteiger partial charge in [-0.15, -0.1) is 0 Å². The van der Waals surface area contributed by atoms with Gasteiger partial charge in [-0.3, -0.25) is 9.59 Å². The topological polar surface area (TPSA) is 67.2 Å². The number of rotatable bonds is 2. The van der Waals surface area contributed by atoms with Crippen molar-refractivity contribution in [3.63, 3.8) is 0 Å². The van der Waals surface area contributed by atoms with Gasteiger partial charge < -0.3 is 14.8 Å². The van der Waals surface area contributed by atoms with Gasteiger partial charge in [0.1, 0.15) is 12.4 Å². The summed E-state index contributed by atoms with van der Waals surface area (Å²) in [5.41, 5.74) is 1.89. The van der Waals surface area contributed by atoms with E-state index in [-0.39, 0.29) is 30.3 Å². The molecular weight excluding hydrogens is 304 g/mol. The first-order valence-electron chi connectivity index (χ1n) is 8.62. The summed E-state index contributed by atoms with van der Waals surface area (Å²) in [6.07, 6.45) is 2.89. The fourth-order valence-corrected chi connectivity index (χ4v) is 3.89. The molecule has 2 atom stereocenters. The first kappa shape index (κ1) is 15.2. The van der Waals surface area contributed by atoms with Crippen LogP contribution in [0.1, 0.15) is 25.1 Å². The molecule has 3 heterocycles. The Hall–Kier alpha value is -2.37. The van der Waals surface area contributed by atoms with Crippen molar-refractivity contribution < 1.29 is 9.59 Å². The summed E-state index contributed by atoms with van der Waals surface area (Å²) < 4.78 is 1.97. The third kappa shape index (κ3) is 2.66. The van der Waals surface area contributed by atoms with E-state index in [1.54, 1.807) is 0 Å². The Bertz CT molecular complexity index is 797. The van der Waals surface area contributed by atoms with Crippen LogP contribution < -0.4 is 5.32 Å². The number of nitrogens with zero attached hydrogens (tertiary/aromatic N) is 3. The summed E-state index contributed by atoms with van der Waals surface area (Å²) in [4.78, 5) is 31.4. The zero-order valence-corrected chi connectivity index (χ0v) is 13.9. The van der Waals surface area contributed by atoms with Crippen LogP contribution >= 0.6 is 0 Å². The summed E-state index contributed by atoms with van der Waals surface area (Å²) in [7, 11) is 0. The van der Waals surface area contributed by atoms with Crippen LogP contribution in [0.4, 0.5) is 0 Å². The molecule has 0 spiro atoms. The van der Waals surface area contributed by atoms with Gasteiger partial charge in [0.25, 0.3) is 0 Å². The number of hydrogen-bond donors (Lipinski definition) is 1. The van der Waals surface area contributed by atoms with E-state index < -0.39 is 0 Å². The largest absolute Gasteiger partial charge is 0.351 e. The van der Waals surface area contributed by atoms with Gasteiger partial charge in [-0.2, -0.15) is 0 Å². The molecule has 4 rings (SSSR count). The first-order valence-corrected chi connectivity index (χ1v) is 8.62. The summed E-state index contributed by atoms with van der Waals surface area (Å²) in [6, 6.07) is 7.96. The van der Waals surface area contributed by atoms with Crippen LogP contribution in [0.15, 0.2) is 24.3 Å². The van der Waals surface area contributed by atoms with E-state index in [0.717, 1.165) is 36.1 Å². The summed E-state index contributed by atoms with van der Waals surface area (Å²) in [6.45, 7) is 3.36. The molecule has 1 aromatic heterocycles. The molecule has 1 aromatic carbocycles. The number of likely N-dealkylation sites (tertiary alicyclic amines) is 1. The van der Waals surface area contributed by atoms with Gasteiger partial charge in [0.05, 0.1) is 17.0 Å². The highest BCUT2D eigenvalue weighted by Crippen LogP contribution is 2.23. The van der Waals surface area contributed by atoms with Crippen LogP contribution in [-0.4, -0.2) is 45.4 Å². The number of hydrogen-bond acceptors (Lipinski definition) is 3. The van der Waals surface area contributed by atoms with Crippen molar-refractivity contribution in [2.75, 3.05) is 13.1 Å². The highest BCUT2D eigenvalue weighted by atomic mass is 16.2. The molecule has 126 valence electrons. The molecule has 0 radical (unpaired) electrons. The van der Waals surface area contributed by atoms with Crippen LogP contribution in [0.3, 0.4) is 0 Å². The lowest BCUT2D eigenvalue weighted by atomic mass is 9.99. The number of amides is 2. The monoisotopic (exact) mass is 326 g/mol. The van der Waals surface area contributed by atoms with Gasteiger partial charge in [-0.1, -0.05) is 18.6 Å². The number of carbonyl (C=O) groups excluding carboxylic acids is 2. The molecular formula is C18H22N4O2. The van der Waals surface area contributed by atoms with E-state index in [4.69, 9.17) is 0 Å². The van der Waals surface area contributed by atoms with Gasteiger partial charge in [-0.05, 0) is 31.9 Å². The Morgan fingerprint density at radius 2 is 2.12 bits per heavy atom. The normalized spacial score (nSPS) is 23.9. The Labute approximate surface area is 140 Å². The van der Waals surface area contributed by atoms with Crippen LogP contribution in [0.2, 0.25) is 0 Å². The SMILES string of the molecule is Cc1nc2ccccc2n1CC(=O)N1C[C@@H]2CCC[C@H](C1)C(=O)N2. The number of benzene rings is 1. The Morgan fingerprint density at radius 1 is 1.29 bits per heavy atom. The summed E-state index contributed by atoms with van der Waals surface area (Å²) in [5, 5.41) is 3.07. The molecule has 6 heteroatoms. The van der Waals surface area contributed by atoms with Crippen LogP contribution in [0.25, 0.3) is 11.0 Å². The Balaban J connectivity index is 1.57. The van der Waals surface area contributed by atoms with E-state index in [9.17, 15) is 9.59 Å². The van der Waals surface area contributed by atoms with Crippen molar-refractivity contribution in [2.24, 2.45) is 5.92 Å². The van der Waals surface area contributed by atoms with Crippen molar-refractivity contribution in [2.45, 2.75) is 38.8 Å². The molecule has 2 amide bonds. The molecule has 2 aliphatic rings. The second-order valence-corrected chi connectivity index (χ2v) is 6.87. The Kier molecular flexibility index (Phi) is 3.75. The number of carbonyl (C=O) groups is 2. The maximum Gasteiger partial charge on any atom is 0.242 e. The van der Waals surface area contributed by atoms with Gasteiger partial charge in [0, 0.05) is 19.1 Å². The number of imidazole rings is 1. The van der Waals surface area contributed by atoms with E-state index >= 15 is 0 Å². The molecule has 1 N–H and O–H groups in total. The minimum Gasteiger partial charge on any atom is -0.351 e. The first-order chi connectivity index (χ1) is 11.6. The lowest BCUT2D eigenvalue weighted by Crippen LogP contribution is -2.43. The van der Waals surface area contributed by atoms with Crippen LogP contribution in [0.5, 0.6) is 0 Å². The van der Waals surface area contributed by atoms with Crippen LogP contribution in [-0.2, 0) is 16.1 Å². The molecule has 6 nitrogen and oxygen atoms in total. The molecule has 2 fully saturated rings. The lowest BCUT2D eigenvalue weighted by Gasteiger charge is -2.28. The third-order valence-electron chi connectivity index (χ3n) is 5.20. The molecule has 2 saturated heterocycles. The average Bonchev–Trinajstić information content (AvgIpc) is 2.67. The maximum atomic E-state index is 12.9. The molecule has 24 heavy (non-hydrogen) atoms. The molecule has 2 aliphatic heterocycles. The number of para-hydroxylation sites is 2. The number of fused-ring (bicyclic) bond motifs is 4. The predicted octanol–water partition coefficient (Wildman–Crippen LogP) is 1.47. The fraction of sp³-hybridized carbons (Fsp3) is 0.500. The zero-order chi connectivity index (χ0) is 16.7. The molecule has 0 saturated carbocycles. The number of nitrogens with one attached hydrogen (secondary N) is 1. The molecule has 0 aliphatic carbocycles. The molecule has 0 unspecified atom stereocenters. The van der Waals surface area contributed by atoms with E-state index in [2.05, 4.69) is 10.3 Å². The van der Waals surface area contributed by atoms with Crippen molar-refractivity contribution >= 4 is 22.8 Å². The second-order valence-electron chi connectivity index (χ2n) is 6.87. The smallest absolute Gasteiger partial charge is 0.242 e. The summed E-state index contributed by atoms with van der Waals surface area (Å²) in [5.74, 6) is 0.947. The molecule has 2 bridgehead atoms. The van der Waals surface area contributed by atoms with Gasteiger partial charge >= 0.3 is 0 Å². The van der Waals surface area contributed by atoms with Gasteiger partial charge in [-0.25, -0.2) is 4.98 Å². The van der Waals surface area contributed by atoms with E-state index in [1.165, 1.54) is 0 Å². The lowest BCUT2D eigenvalue weighted by molar-refractivity contribution is -0.133. The molecule has 2 aromatic rings. The van der Waals surface area contributed by atoms with Gasteiger partial charge in [0.2, 0.25) is 11.8 Å². The Morgan fingerprint density at radius 3 is 3.00 bits per heavy atom. The second kappa shape index (κ2) is 5.92. The zero-order valence-electron chi connectivity index (χ0n) is 13.9. The van der Waals surface area contributed by atoms with Crippen LogP contribution in [0, 0.1) is 12.8 Å². The van der Waals surface area contributed by atoms with Gasteiger partial charge in [0.15, 0.2) is 0 Å². The number of aryl methyl sites for hydroxylation is 1. The van der Waals surface area contributed by atoms with Crippen molar-refractivity contribution in [3.8, 4) is 0 Å². The van der Waals surface area contributed by atoms with Crippen molar-refractivity contribution in [1.82, 2.24) is 19.8 Å². The standard InChI is InChI=1S/C18H22N4O2/c1-12-19-15-7-2-3-8-16(15)22(12)11-17(23)21-9-13-5-4-6-14(10-21)20-18(13)24/h2-3,7-8,13-14H,4-6,9-11H2,1H3,(H,20,24)/t13-,14+/m1/s1. The summed E-state index contributed by atoms with van der Waals surface area (Å²) >= 11 is 0. The third-order valence-corrected chi connectivity index (χ3v) is 5.20. The minimum atomic E-state index is -0.0675. The highest BCUT2D eigenvalue weighted by molar-refractivity contribution is 5.84. The minimum absolute atomic E-state index is 0.0645. The number of aromatic nitrogens is 2. The maximum absolute atomic E-state index is 12.9. The van der Waals surface area contributed by atoms with Crippen molar-refractivity contribution in [3.05, 3.63) is 30.1 Å². The van der Waals surface area contributed by atoms with E-state index in [0.29, 0.717) is 13.1 Å². The van der Waals surface area contributed by atoms with E-state index in [1.807, 2.05) is 40.7 Å². The highest BCUT2D eigenvalue weighted by Gasteiger charge is 2.34. The van der Waals surface area contributed by atoms with Crippen molar-refractivity contribution in [1.29, 1.82) is 0 Å². The average molecular weight is 326 g/mol. The quantitative estimate of drug-likeness (QED) is 0.909.